The van der Waals surface area contributed by atoms with Crippen LogP contribution in [0.3, 0.4) is 0 Å². The van der Waals surface area contributed by atoms with Crippen molar-refractivity contribution in [3.8, 4) is 0 Å². The van der Waals surface area contributed by atoms with Gasteiger partial charge in [-0.15, -0.1) is 5.10 Å². The van der Waals surface area contributed by atoms with Crippen molar-refractivity contribution in [1.29, 1.82) is 0 Å². The Kier molecular flexibility index (Phi) is 5.45. The number of amidine groups is 1. The molecule has 1 aliphatic rings. The van der Waals surface area contributed by atoms with Gasteiger partial charge < -0.3 is 4.74 Å². The Labute approximate surface area is 137 Å². The third-order valence-electron chi connectivity index (χ3n) is 2.40. The first-order valence-corrected chi connectivity index (χ1v) is 7.45. The fourth-order valence-corrected chi connectivity index (χ4v) is 2.49. The van der Waals surface area contributed by atoms with Crippen molar-refractivity contribution in [3.63, 3.8) is 0 Å². The van der Waals surface area contributed by atoms with Crippen LogP contribution in [-0.2, 0) is 14.3 Å². The standard InChI is InChI=1S/C13H9BrFN3O3S/c1-21-11(19)5-10-12(20)17-13(22-10)18-16-6-7-4-8(15)2-3-9(7)14/h2-6H,1H3,(H,17,18,20)/b10-5+,16-6?. The van der Waals surface area contributed by atoms with Crippen molar-refractivity contribution in [2.75, 3.05) is 7.11 Å². The van der Waals surface area contributed by atoms with E-state index in [4.69, 9.17) is 0 Å². The highest BCUT2D eigenvalue weighted by atomic mass is 79.9. The number of ether oxygens (including phenoxy) is 1. The molecule has 1 aromatic rings. The van der Waals surface area contributed by atoms with E-state index in [9.17, 15) is 14.0 Å². The van der Waals surface area contributed by atoms with E-state index in [1.54, 1.807) is 6.07 Å². The average molecular weight is 386 g/mol. The maximum atomic E-state index is 13.1. The molecule has 1 aliphatic heterocycles. The number of hydrogen-bond donors (Lipinski definition) is 1. The maximum absolute atomic E-state index is 13.1. The van der Waals surface area contributed by atoms with E-state index >= 15 is 0 Å². The number of carbonyl (C=O) groups excluding carboxylic acids is 2. The summed E-state index contributed by atoms with van der Waals surface area (Å²) in [5.41, 5.74) is 0.504. The van der Waals surface area contributed by atoms with Gasteiger partial charge in [-0.2, -0.15) is 5.10 Å². The zero-order valence-electron chi connectivity index (χ0n) is 11.2. The zero-order chi connectivity index (χ0) is 16.1. The summed E-state index contributed by atoms with van der Waals surface area (Å²) in [5, 5.41) is 10.2. The zero-order valence-corrected chi connectivity index (χ0v) is 13.6. The normalized spacial score (nSPS) is 18.2. The summed E-state index contributed by atoms with van der Waals surface area (Å²) in [6.45, 7) is 0. The molecule has 2 rings (SSSR count). The summed E-state index contributed by atoms with van der Waals surface area (Å²) in [4.78, 5) is 22.8. The average Bonchev–Trinajstić information content (AvgIpc) is 2.82. The Hall–Kier alpha value is -2.00. The van der Waals surface area contributed by atoms with Gasteiger partial charge in [-0.25, -0.2) is 9.18 Å². The van der Waals surface area contributed by atoms with E-state index in [1.165, 1.54) is 25.5 Å². The number of thioether (sulfide) groups is 1. The molecule has 0 bridgehead atoms. The summed E-state index contributed by atoms with van der Waals surface area (Å²) in [5.74, 6) is -1.49. The van der Waals surface area contributed by atoms with Crippen molar-refractivity contribution >= 4 is 51.0 Å². The van der Waals surface area contributed by atoms with Gasteiger partial charge in [0.05, 0.1) is 18.2 Å². The van der Waals surface area contributed by atoms with Crippen molar-refractivity contribution in [2.45, 2.75) is 0 Å². The number of methoxy groups -OCH3 is 1. The monoisotopic (exact) mass is 385 g/mol. The van der Waals surface area contributed by atoms with Crippen molar-refractivity contribution in [2.24, 2.45) is 10.2 Å². The molecule has 22 heavy (non-hydrogen) atoms. The van der Waals surface area contributed by atoms with Crippen LogP contribution < -0.4 is 5.32 Å². The molecule has 9 heteroatoms. The minimum Gasteiger partial charge on any atom is -0.466 e. The van der Waals surface area contributed by atoms with Gasteiger partial charge in [0.2, 0.25) is 0 Å². The van der Waals surface area contributed by atoms with E-state index in [0.717, 1.165) is 17.8 Å². The number of amides is 1. The lowest BCUT2D eigenvalue weighted by molar-refractivity contribution is -0.135. The summed E-state index contributed by atoms with van der Waals surface area (Å²) in [6.07, 6.45) is 2.41. The number of rotatable bonds is 3. The van der Waals surface area contributed by atoms with Crippen molar-refractivity contribution in [3.05, 3.63) is 45.0 Å². The summed E-state index contributed by atoms with van der Waals surface area (Å²) >= 11 is 4.21. The van der Waals surface area contributed by atoms with Crippen LogP contribution in [-0.4, -0.2) is 30.4 Å². The molecule has 1 heterocycles. The van der Waals surface area contributed by atoms with Gasteiger partial charge in [-0.05, 0) is 30.0 Å². The van der Waals surface area contributed by atoms with Crippen LogP contribution >= 0.6 is 27.7 Å². The minimum absolute atomic E-state index is 0.160. The maximum Gasteiger partial charge on any atom is 0.331 e. The third kappa shape index (κ3) is 4.25. The Morgan fingerprint density at radius 2 is 2.27 bits per heavy atom. The molecule has 0 atom stereocenters. The van der Waals surface area contributed by atoms with E-state index in [-0.39, 0.29) is 10.1 Å². The number of nitrogens with zero attached hydrogens (tertiary/aromatic N) is 2. The minimum atomic E-state index is -0.633. The molecule has 1 saturated heterocycles. The predicted octanol–water partition coefficient (Wildman–Crippen LogP) is 2.20. The fourth-order valence-electron chi connectivity index (χ4n) is 1.40. The second-order valence-electron chi connectivity index (χ2n) is 3.90. The smallest absolute Gasteiger partial charge is 0.331 e. The number of hydrogen-bond acceptors (Lipinski definition) is 6. The van der Waals surface area contributed by atoms with Gasteiger partial charge >= 0.3 is 5.97 Å². The highest BCUT2D eigenvalue weighted by molar-refractivity contribution is 9.10. The first-order valence-electron chi connectivity index (χ1n) is 5.84. The molecule has 0 aliphatic carbocycles. The first-order chi connectivity index (χ1) is 10.5. The highest BCUT2D eigenvalue weighted by Gasteiger charge is 2.24. The molecule has 1 amide bonds. The Morgan fingerprint density at radius 3 is 3.00 bits per heavy atom. The van der Waals surface area contributed by atoms with Crippen LogP contribution in [0.15, 0.2) is 43.9 Å². The van der Waals surface area contributed by atoms with E-state index in [2.05, 4.69) is 36.2 Å². The number of esters is 1. The second-order valence-corrected chi connectivity index (χ2v) is 5.79. The predicted molar refractivity (Wildman–Crippen MR) is 85.0 cm³/mol. The van der Waals surface area contributed by atoms with Crippen molar-refractivity contribution in [1.82, 2.24) is 5.32 Å². The Bertz CT molecular complexity index is 718. The topological polar surface area (TPSA) is 80.1 Å². The largest absolute Gasteiger partial charge is 0.466 e. The molecule has 0 aromatic heterocycles. The van der Waals surface area contributed by atoms with Gasteiger partial charge in [0.15, 0.2) is 5.17 Å². The molecule has 6 nitrogen and oxygen atoms in total. The molecule has 0 spiro atoms. The second kappa shape index (κ2) is 7.32. The molecule has 1 fully saturated rings. The summed E-state index contributed by atoms with van der Waals surface area (Å²) in [7, 11) is 1.22. The van der Waals surface area contributed by atoms with Crippen molar-refractivity contribution < 1.29 is 18.7 Å². The van der Waals surface area contributed by atoms with Gasteiger partial charge in [0.1, 0.15) is 5.82 Å². The van der Waals surface area contributed by atoms with Gasteiger partial charge in [-0.1, -0.05) is 15.9 Å². The van der Waals surface area contributed by atoms with Crippen LogP contribution in [0.4, 0.5) is 4.39 Å². The van der Waals surface area contributed by atoms with Crippen LogP contribution in [0, 0.1) is 5.82 Å². The lowest BCUT2D eigenvalue weighted by Crippen LogP contribution is -2.19. The number of benzene rings is 1. The van der Waals surface area contributed by atoms with Gasteiger partial charge in [-0.3, -0.25) is 10.1 Å². The molecular weight excluding hydrogens is 377 g/mol. The highest BCUT2D eigenvalue weighted by Crippen LogP contribution is 2.23. The first kappa shape index (κ1) is 16.4. The number of nitrogens with one attached hydrogen (secondary N) is 1. The van der Waals surface area contributed by atoms with Crippen LogP contribution in [0.1, 0.15) is 5.56 Å². The fraction of sp³-hybridized carbons (Fsp3) is 0.0769. The molecule has 114 valence electrons. The molecule has 0 unspecified atom stereocenters. The van der Waals surface area contributed by atoms with E-state index in [0.29, 0.717) is 10.0 Å². The molecule has 1 N–H and O–H groups in total. The lowest BCUT2D eigenvalue weighted by Gasteiger charge is -1.96. The van der Waals surface area contributed by atoms with Gasteiger partial charge in [0.25, 0.3) is 5.91 Å². The number of halogens is 2. The van der Waals surface area contributed by atoms with Crippen LogP contribution in [0.25, 0.3) is 0 Å². The molecular formula is C13H9BrFN3O3S. The SMILES string of the molecule is COC(=O)/C=C1/S/C(=N\N=Cc2cc(F)ccc2Br)NC1=O. The third-order valence-corrected chi connectivity index (χ3v) is 4.03. The summed E-state index contributed by atoms with van der Waals surface area (Å²) in [6, 6.07) is 4.15. The lowest BCUT2D eigenvalue weighted by atomic mass is 10.2. The van der Waals surface area contributed by atoms with E-state index < -0.39 is 17.7 Å². The van der Waals surface area contributed by atoms with E-state index in [1.807, 2.05) is 0 Å². The van der Waals surface area contributed by atoms with Crippen LogP contribution in [0.2, 0.25) is 0 Å². The molecule has 0 saturated carbocycles. The van der Waals surface area contributed by atoms with Gasteiger partial charge in [0, 0.05) is 16.1 Å². The summed E-state index contributed by atoms with van der Waals surface area (Å²) < 4.78 is 18.2. The Morgan fingerprint density at radius 1 is 1.50 bits per heavy atom. The Balaban J connectivity index is 2.10. The molecule has 1 aromatic carbocycles. The molecule has 0 radical (unpaired) electrons. The number of carbonyl (C=O) groups is 2. The van der Waals surface area contributed by atoms with Crippen LogP contribution in [0.5, 0.6) is 0 Å². The quantitative estimate of drug-likeness (QED) is 0.374.